The van der Waals surface area contributed by atoms with E-state index in [4.69, 9.17) is 4.74 Å². The van der Waals surface area contributed by atoms with Gasteiger partial charge in [0.25, 0.3) is 5.91 Å². The number of sulfonamides is 1. The van der Waals surface area contributed by atoms with E-state index < -0.39 is 33.6 Å². The van der Waals surface area contributed by atoms with Crippen molar-refractivity contribution in [2.24, 2.45) is 0 Å². The van der Waals surface area contributed by atoms with Gasteiger partial charge in [0, 0.05) is 13.1 Å². The van der Waals surface area contributed by atoms with E-state index in [1.165, 1.54) is 6.07 Å². The smallest absolute Gasteiger partial charge is 0.417 e. The van der Waals surface area contributed by atoms with Gasteiger partial charge in [-0.05, 0) is 43.9 Å². The van der Waals surface area contributed by atoms with Crippen molar-refractivity contribution in [3.63, 3.8) is 0 Å². The summed E-state index contributed by atoms with van der Waals surface area (Å²) in [6, 6.07) is 6.15. The number of likely N-dealkylation sites (tertiary alicyclic amines) is 1. The van der Waals surface area contributed by atoms with E-state index in [0.717, 1.165) is 29.7 Å². The first kappa shape index (κ1) is 21.8. The molecule has 2 saturated heterocycles. The van der Waals surface area contributed by atoms with Gasteiger partial charge < -0.3 is 9.64 Å². The standard InChI is InChI=1S/C21H27N3O6S/c1-15-6-5-7-17(12-15)31(28,29)22-21(9-3-2-4-10-21)19(26)23-11-8-16(13-23)24-18(25)14-30-20(24)27/h5-7,12,16,22H,2-4,8-11,13-14H2,1H3. The summed E-state index contributed by atoms with van der Waals surface area (Å²) in [5, 5.41) is 0. The lowest BCUT2D eigenvalue weighted by Gasteiger charge is -2.39. The van der Waals surface area contributed by atoms with Gasteiger partial charge in [-0.15, -0.1) is 0 Å². The summed E-state index contributed by atoms with van der Waals surface area (Å²) in [5.74, 6) is -0.692. The van der Waals surface area contributed by atoms with Crippen molar-refractivity contribution in [1.29, 1.82) is 0 Å². The Kier molecular flexibility index (Phi) is 5.78. The van der Waals surface area contributed by atoms with Crippen molar-refractivity contribution in [1.82, 2.24) is 14.5 Å². The third kappa shape index (κ3) is 4.18. The molecule has 2 heterocycles. The molecule has 168 valence electrons. The van der Waals surface area contributed by atoms with Crippen LogP contribution in [0.1, 0.15) is 44.1 Å². The molecule has 4 rings (SSSR count). The number of rotatable bonds is 5. The minimum absolute atomic E-state index is 0.134. The third-order valence-electron chi connectivity index (χ3n) is 6.35. The summed E-state index contributed by atoms with van der Waals surface area (Å²) >= 11 is 0. The van der Waals surface area contributed by atoms with E-state index >= 15 is 0 Å². The van der Waals surface area contributed by atoms with Gasteiger partial charge in [-0.3, -0.25) is 9.59 Å². The van der Waals surface area contributed by atoms with E-state index in [1.54, 1.807) is 17.0 Å². The highest BCUT2D eigenvalue weighted by atomic mass is 32.2. The van der Waals surface area contributed by atoms with Crippen LogP contribution in [0.3, 0.4) is 0 Å². The second-order valence-electron chi connectivity index (χ2n) is 8.58. The zero-order valence-electron chi connectivity index (χ0n) is 17.5. The Morgan fingerprint density at radius 3 is 2.58 bits per heavy atom. The molecule has 0 aromatic heterocycles. The normalized spacial score (nSPS) is 23.8. The van der Waals surface area contributed by atoms with Crippen LogP contribution < -0.4 is 4.72 Å². The molecule has 0 spiro atoms. The summed E-state index contributed by atoms with van der Waals surface area (Å²) in [4.78, 5) is 40.2. The Bertz CT molecular complexity index is 986. The van der Waals surface area contributed by atoms with Gasteiger partial charge in [0.05, 0.1) is 10.9 Å². The Morgan fingerprint density at radius 2 is 1.94 bits per heavy atom. The molecule has 0 bridgehead atoms. The van der Waals surface area contributed by atoms with Crippen molar-refractivity contribution < 1.29 is 27.5 Å². The van der Waals surface area contributed by atoms with Gasteiger partial charge in [0.15, 0.2) is 6.61 Å². The zero-order valence-corrected chi connectivity index (χ0v) is 18.3. The Hall–Kier alpha value is -2.46. The topological polar surface area (TPSA) is 113 Å². The fourth-order valence-corrected chi connectivity index (χ4v) is 6.29. The van der Waals surface area contributed by atoms with Gasteiger partial charge in [-0.25, -0.2) is 18.1 Å². The van der Waals surface area contributed by atoms with E-state index in [2.05, 4.69) is 4.72 Å². The maximum Gasteiger partial charge on any atom is 0.417 e. The predicted molar refractivity (Wildman–Crippen MR) is 110 cm³/mol. The molecule has 2 aliphatic heterocycles. The van der Waals surface area contributed by atoms with Gasteiger partial charge in [0.1, 0.15) is 5.54 Å². The molecule has 1 atom stereocenters. The molecule has 3 aliphatic rings. The van der Waals surface area contributed by atoms with Crippen LogP contribution in [0.4, 0.5) is 4.79 Å². The second-order valence-corrected chi connectivity index (χ2v) is 10.3. The fourth-order valence-electron chi connectivity index (χ4n) is 4.77. The zero-order chi connectivity index (χ0) is 22.2. The Labute approximate surface area is 181 Å². The van der Waals surface area contributed by atoms with Crippen LogP contribution in [0, 0.1) is 6.92 Å². The van der Waals surface area contributed by atoms with E-state index in [0.29, 0.717) is 25.8 Å². The maximum absolute atomic E-state index is 13.6. The van der Waals surface area contributed by atoms with Gasteiger partial charge in [-0.1, -0.05) is 31.4 Å². The highest BCUT2D eigenvalue weighted by Gasteiger charge is 2.48. The first-order chi connectivity index (χ1) is 14.7. The number of carbonyl (C=O) groups excluding carboxylic acids is 3. The number of hydrogen-bond acceptors (Lipinski definition) is 6. The van der Waals surface area contributed by atoms with Gasteiger partial charge in [0.2, 0.25) is 15.9 Å². The molecule has 9 nitrogen and oxygen atoms in total. The fraction of sp³-hybridized carbons (Fsp3) is 0.571. The molecule has 10 heteroatoms. The molecule has 1 aliphatic carbocycles. The second kappa shape index (κ2) is 8.23. The number of cyclic esters (lactones) is 1. The Balaban J connectivity index is 1.56. The van der Waals surface area contributed by atoms with Crippen LogP contribution in [0.2, 0.25) is 0 Å². The number of benzene rings is 1. The van der Waals surface area contributed by atoms with Crippen molar-refractivity contribution in [3.8, 4) is 0 Å². The first-order valence-electron chi connectivity index (χ1n) is 10.6. The number of amides is 3. The number of carbonyl (C=O) groups is 3. The molecule has 1 unspecified atom stereocenters. The van der Waals surface area contributed by atoms with Crippen LogP contribution in [0.25, 0.3) is 0 Å². The first-order valence-corrected chi connectivity index (χ1v) is 12.1. The monoisotopic (exact) mass is 449 g/mol. The molecule has 1 N–H and O–H groups in total. The van der Waals surface area contributed by atoms with Crippen molar-refractivity contribution >= 4 is 27.9 Å². The lowest BCUT2D eigenvalue weighted by atomic mass is 9.81. The lowest BCUT2D eigenvalue weighted by Crippen LogP contribution is -2.60. The van der Waals surface area contributed by atoms with E-state index in [9.17, 15) is 22.8 Å². The number of nitrogens with zero attached hydrogens (tertiary/aromatic N) is 2. The summed E-state index contributed by atoms with van der Waals surface area (Å²) < 4.78 is 33.8. The quantitative estimate of drug-likeness (QED) is 0.730. The maximum atomic E-state index is 13.6. The average molecular weight is 450 g/mol. The van der Waals surface area contributed by atoms with E-state index in [1.807, 2.05) is 13.0 Å². The molecule has 1 aromatic carbocycles. The van der Waals surface area contributed by atoms with Crippen LogP contribution in [-0.4, -0.2) is 67.4 Å². The van der Waals surface area contributed by atoms with Crippen molar-refractivity contribution in [3.05, 3.63) is 29.8 Å². The Morgan fingerprint density at radius 1 is 1.19 bits per heavy atom. The molecule has 3 amide bonds. The number of nitrogens with one attached hydrogen (secondary N) is 1. The molecular weight excluding hydrogens is 422 g/mol. The molecule has 1 aromatic rings. The molecular formula is C21H27N3O6S. The summed E-state index contributed by atoms with van der Waals surface area (Å²) in [5.41, 5.74) is -0.401. The number of aryl methyl sites for hydroxylation is 1. The largest absolute Gasteiger partial charge is 0.439 e. The van der Waals surface area contributed by atoms with Gasteiger partial charge >= 0.3 is 6.09 Å². The number of ether oxygens (including phenoxy) is 1. The minimum Gasteiger partial charge on any atom is -0.439 e. The van der Waals surface area contributed by atoms with Crippen molar-refractivity contribution in [2.45, 2.75) is 61.9 Å². The molecule has 31 heavy (non-hydrogen) atoms. The van der Waals surface area contributed by atoms with E-state index in [-0.39, 0.29) is 24.0 Å². The summed E-state index contributed by atoms with van der Waals surface area (Å²) in [6.45, 7) is 2.08. The van der Waals surface area contributed by atoms with Crippen molar-refractivity contribution in [2.75, 3.05) is 19.7 Å². The third-order valence-corrected chi connectivity index (χ3v) is 7.88. The number of imide groups is 1. The highest BCUT2D eigenvalue weighted by molar-refractivity contribution is 7.89. The predicted octanol–water partition coefficient (Wildman–Crippen LogP) is 1.56. The van der Waals surface area contributed by atoms with Crippen LogP contribution >= 0.6 is 0 Å². The van der Waals surface area contributed by atoms with Gasteiger partial charge in [-0.2, -0.15) is 4.72 Å². The lowest BCUT2D eigenvalue weighted by molar-refractivity contribution is -0.138. The number of hydrogen-bond donors (Lipinski definition) is 1. The molecule has 0 radical (unpaired) electrons. The van der Waals surface area contributed by atoms with Crippen LogP contribution in [0.15, 0.2) is 29.2 Å². The molecule has 3 fully saturated rings. The summed E-state index contributed by atoms with van der Waals surface area (Å²) in [7, 11) is -3.90. The summed E-state index contributed by atoms with van der Waals surface area (Å²) in [6.07, 6.45) is 3.04. The SMILES string of the molecule is Cc1cccc(S(=O)(=O)NC2(C(=O)N3CCC(N4C(=O)COC4=O)C3)CCCCC2)c1. The van der Waals surface area contributed by atoms with Crippen LogP contribution in [0.5, 0.6) is 0 Å². The van der Waals surface area contributed by atoms with Crippen LogP contribution in [-0.2, 0) is 24.3 Å². The minimum atomic E-state index is -3.90. The highest BCUT2D eigenvalue weighted by Crippen LogP contribution is 2.33. The average Bonchev–Trinajstić information content (AvgIpc) is 3.34. The molecule has 1 saturated carbocycles.